The number of aryl methyl sites for hydroxylation is 4. The summed E-state index contributed by atoms with van der Waals surface area (Å²) in [6.07, 6.45) is 11.0. The standard InChI is InChI=1S/C55H50N12O4/c1-7-12-47(69)64-28-11-13-42(64)52-62-48(50-34(5)58-30-32(3)65(50)52)36-17-21-39(22-18-36)55(71)61-45-29-40(25-27-57-45)41-23-24-43(67(41)46(68)8-2)53-63-49(51-35(6)59-31-33(4)66(51)53)37-15-19-38(20-16-37)54(70)60-44-14-9-10-26-56-44/h8-10,14-22,25-27,29-31,41-43H,2,11,13,23-24,28H2,1,3-6H3,(H,56,60,70)(H,57,61,71)/t41?,42-,43-/m0/s1. The fourth-order valence-corrected chi connectivity index (χ4v) is 10.1. The average molecular weight is 943 g/mol. The quantitative estimate of drug-likeness (QED) is 0.0991. The molecule has 0 spiro atoms. The molecule has 8 aromatic rings. The molecule has 2 aliphatic rings. The van der Waals surface area contributed by atoms with Crippen molar-refractivity contribution < 1.29 is 19.2 Å². The molecule has 16 heteroatoms. The van der Waals surface area contributed by atoms with Gasteiger partial charge in [0.05, 0.1) is 51.9 Å². The van der Waals surface area contributed by atoms with E-state index in [1.165, 1.54) is 6.08 Å². The Bertz CT molecular complexity index is 3500. The molecule has 4 amide bonds. The Labute approximate surface area is 409 Å². The lowest BCUT2D eigenvalue weighted by atomic mass is 10.1. The Morgan fingerprint density at radius 2 is 1.23 bits per heavy atom. The van der Waals surface area contributed by atoms with Gasteiger partial charge in [0.15, 0.2) is 0 Å². The van der Waals surface area contributed by atoms with Gasteiger partial charge in [-0.2, -0.15) is 0 Å². The number of nitrogens with one attached hydrogen (secondary N) is 2. The van der Waals surface area contributed by atoms with E-state index in [0.29, 0.717) is 59.4 Å². The molecule has 0 radical (unpaired) electrons. The van der Waals surface area contributed by atoms with Gasteiger partial charge in [0, 0.05) is 65.0 Å². The van der Waals surface area contributed by atoms with Gasteiger partial charge in [-0.3, -0.25) is 37.9 Å². The summed E-state index contributed by atoms with van der Waals surface area (Å²) in [5, 5.41) is 5.80. The molecule has 2 saturated heterocycles. The smallest absolute Gasteiger partial charge is 0.299 e. The average Bonchev–Trinajstić information content (AvgIpc) is 4.21. The van der Waals surface area contributed by atoms with E-state index in [1.807, 2.05) is 75.2 Å². The van der Waals surface area contributed by atoms with Crippen LogP contribution in [0.3, 0.4) is 0 Å². The Morgan fingerprint density at radius 3 is 1.79 bits per heavy atom. The Balaban J connectivity index is 0.904. The fourth-order valence-electron chi connectivity index (χ4n) is 10.1. The Kier molecular flexibility index (Phi) is 12.2. The van der Waals surface area contributed by atoms with E-state index in [-0.39, 0.29) is 35.7 Å². The molecule has 6 aromatic heterocycles. The fraction of sp³-hybridized carbons (Fsp3) is 0.236. The van der Waals surface area contributed by atoms with Crippen LogP contribution in [0.2, 0.25) is 0 Å². The van der Waals surface area contributed by atoms with Crippen LogP contribution in [0, 0.1) is 39.5 Å². The molecular formula is C55H50N12O4. The topological polar surface area (TPSA) is 185 Å². The van der Waals surface area contributed by atoms with Gasteiger partial charge in [0.2, 0.25) is 5.91 Å². The summed E-state index contributed by atoms with van der Waals surface area (Å²) < 4.78 is 4.16. The van der Waals surface area contributed by atoms with Crippen molar-refractivity contribution in [2.24, 2.45) is 0 Å². The summed E-state index contributed by atoms with van der Waals surface area (Å²) in [4.78, 5) is 86.0. The highest BCUT2D eigenvalue weighted by Gasteiger charge is 2.41. The van der Waals surface area contributed by atoms with Crippen LogP contribution in [0.25, 0.3) is 33.5 Å². The first-order valence-electron chi connectivity index (χ1n) is 23.5. The monoisotopic (exact) mass is 942 g/mol. The molecule has 71 heavy (non-hydrogen) atoms. The zero-order valence-electron chi connectivity index (χ0n) is 40.0. The highest BCUT2D eigenvalue weighted by atomic mass is 16.2. The number of nitrogens with zero attached hydrogens (tertiary/aromatic N) is 10. The predicted molar refractivity (Wildman–Crippen MR) is 269 cm³/mol. The first kappa shape index (κ1) is 45.9. The highest BCUT2D eigenvalue weighted by Crippen LogP contribution is 2.46. The summed E-state index contributed by atoms with van der Waals surface area (Å²) in [5.41, 5.74) is 9.59. The number of benzene rings is 2. The molecule has 2 aromatic carbocycles. The van der Waals surface area contributed by atoms with Gasteiger partial charge in [0.1, 0.15) is 23.3 Å². The summed E-state index contributed by atoms with van der Waals surface area (Å²) in [6.45, 7) is 14.0. The molecular weight excluding hydrogens is 893 g/mol. The van der Waals surface area contributed by atoms with Crippen LogP contribution in [0.15, 0.2) is 116 Å². The zero-order chi connectivity index (χ0) is 49.5. The van der Waals surface area contributed by atoms with Gasteiger partial charge in [0.25, 0.3) is 17.7 Å². The van der Waals surface area contributed by atoms with Gasteiger partial charge >= 0.3 is 0 Å². The maximum absolute atomic E-state index is 14.0. The van der Waals surface area contributed by atoms with E-state index in [1.54, 1.807) is 72.9 Å². The normalized spacial score (nSPS) is 16.5. The van der Waals surface area contributed by atoms with E-state index < -0.39 is 6.04 Å². The number of hydrogen-bond donors (Lipinski definition) is 2. The number of imidazole rings is 2. The van der Waals surface area contributed by atoms with Crippen molar-refractivity contribution in [1.29, 1.82) is 0 Å². The number of amides is 4. The lowest BCUT2D eigenvalue weighted by Crippen LogP contribution is -2.32. The van der Waals surface area contributed by atoms with Crippen molar-refractivity contribution in [3.63, 3.8) is 0 Å². The maximum Gasteiger partial charge on any atom is 0.299 e. The van der Waals surface area contributed by atoms with Gasteiger partial charge in [-0.05, 0) is 126 Å². The van der Waals surface area contributed by atoms with Crippen LogP contribution >= 0.6 is 0 Å². The van der Waals surface area contributed by atoms with E-state index >= 15 is 0 Å². The van der Waals surface area contributed by atoms with Gasteiger partial charge < -0.3 is 20.4 Å². The number of carbonyl (C=O) groups excluding carboxylic acids is 4. The largest absolute Gasteiger partial charge is 0.322 e. The van der Waals surface area contributed by atoms with E-state index in [0.717, 1.165) is 69.2 Å². The lowest BCUT2D eigenvalue weighted by Gasteiger charge is -2.29. The minimum absolute atomic E-state index is 0.214. The van der Waals surface area contributed by atoms with Crippen LogP contribution in [0.1, 0.15) is 111 Å². The number of aromatic nitrogens is 8. The van der Waals surface area contributed by atoms with Crippen LogP contribution in [-0.4, -0.2) is 78.7 Å². The SMILES string of the molecule is C=CC(=O)N1C(c2ccnc(NC(=O)c3ccc(-c4nc([C@@H]5CCCN5C(=O)C#CC)n5c(C)cnc(C)c45)cc3)c2)CC[C@H]1c1nc(-c2ccc(C(=O)Nc3ccccn3)cc2)c2c(C)ncc(C)n12. The Morgan fingerprint density at radius 1 is 0.662 bits per heavy atom. The first-order valence-corrected chi connectivity index (χ1v) is 23.5. The number of hydrogen-bond acceptors (Lipinski definition) is 10. The number of carbonyl (C=O) groups is 4. The highest BCUT2D eigenvalue weighted by molar-refractivity contribution is 6.05. The third-order valence-corrected chi connectivity index (χ3v) is 13.4. The summed E-state index contributed by atoms with van der Waals surface area (Å²) >= 11 is 0. The molecule has 2 aliphatic heterocycles. The first-order chi connectivity index (χ1) is 34.4. The second-order valence-electron chi connectivity index (χ2n) is 17.8. The van der Waals surface area contributed by atoms with E-state index in [4.69, 9.17) is 9.97 Å². The van der Waals surface area contributed by atoms with Crippen LogP contribution in [-0.2, 0) is 9.59 Å². The molecule has 1 unspecified atom stereocenters. The molecule has 0 saturated carbocycles. The molecule has 2 N–H and O–H groups in total. The summed E-state index contributed by atoms with van der Waals surface area (Å²) in [7, 11) is 0. The molecule has 8 heterocycles. The lowest BCUT2D eigenvalue weighted by molar-refractivity contribution is -0.129. The summed E-state index contributed by atoms with van der Waals surface area (Å²) in [5.74, 6) is 6.55. The van der Waals surface area contributed by atoms with Crippen molar-refractivity contribution >= 4 is 46.3 Å². The molecule has 2 fully saturated rings. The predicted octanol–water partition coefficient (Wildman–Crippen LogP) is 8.91. The van der Waals surface area contributed by atoms with E-state index in [2.05, 4.69) is 57.8 Å². The second-order valence-corrected chi connectivity index (χ2v) is 17.8. The number of anilines is 2. The zero-order valence-corrected chi connectivity index (χ0v) is 40.0. The minimum atomic E-state index is -0.442. The van der Waals surface area contributed by atoms with Crippen LogP contribution in [0.4, 0.5) is 11.6 Å². The second kappa shape index (κ2) is 18.9. The van der Waals surface area contributed by atoms with Gasteiger partial charge in [-0.1, -0.05) is 42.8 Å². The maximum atomic E-state index is 14.0. The van der Waals surface area contributed by atoms with Crippen LogP contribution < -0.4 is 10.6 Å². The third-order valence-electron chi connectivity index (χ3n) is 13.4. The molecule has 354 valence electrons. The molecule has 16 nitrogen and oxygen atoms in total. The molecule has 0 bridgehead atoms. The number of fused-ring (bicyclic) bond motifs is 2. The third kappa shape index (κ3) is 8.45. The van der Waals surface area contributed by atoms with Crippen molar-refractivity contribution in [3.05, 3.63) is 167 Å². The van der Waals surface area contributed by atoms with Crippen molar-refractivity contribution in [2.75, 3.05) is 17.2 Å². The van der Waals surface area contributed by atoms with Crippen LogP contribution in [0.5, 0.6) is 0 Å². The van der Waals surface area contributed by atoms with E-state index in [9.17, 15) is 19.2 Å². The Hall–Kier alpha value is -8.84. The van der Waals surface area contributed by atoms with Crippen molar-refractivity contribution in [2.45, 2.75) is 78.4 Å². The van der Waals surface area contributed by atoms with Crippen molar-refractivity contribution in [3.8, 4) is 34.4 Å². The minimum Gasteiger partial charge on any atom is -0.322 e. The number of likely N-dealkylation sites (tertiary alicyclic amines) is 2. The number of pyridine rings is 2. The number of rotatable bonds is 10. The van der Waals surface area contributed by atoms with Gasteiger partial charge in [-0.25, -0.2) is 19.9 Å². The summed E-state index contributed by atoms with van der Waals surface area (Å²) in [6, 6.07) is 22.4. The molecule has 10 rings (SSSR count). The van der Waals surface area contributed by atoms with Gasteiger partial charge in [-0.15, -0.1) is 0 Å². The molecule has 3 atom stereocenters. The van der Waals surface area contributed by atoms with Crippen molar-refractivity contribution in [1.82, 2.24) is 48.5 Å². The molecule has 0 aliphatic carbocycles.